The second-order valence-corrected chi connectivity index (χ2v) is 6.51. The van der Waals surface area contributed by atoms with Crippen molar-refractivity contribution in [3.8, 4) is 0 Å². The van der Waals surface area contributed by atoms with Gasteiger partial charge in [-0.05, 0) is 32.7 Å². The molecule has 96 valence electrons. The minimum atomic E-state index is -3.02. The number of piperidine rings is 1. The van der Waals surface area contributed by atoms with Crippen LogP contribution in [-0.4, -0.2) is 55.9 Å². The number of hydrogen-bond acceptors (Lipinski definition) is 4. The summed E-state index contributed by atoms with van der Waals surface area (Å²) in [6.07, 6.45) is 3.43. The monoisotopic (exact) mass is 250 g/mol. The topological polar surface area (TPSA) is 69.6 Å². The summed E-state index contributed by atoms with van der Waals surface area (Å²) in [6.45, 7) is 3.77. The molecule has 1 aliphatic heterocycles. The van der Waals surface area contributed by atoms with Gasteiger partial charge in [0, 0.05) is 19.1 Å². The molecule has 1 atom stereocenters. The van der Waals surface area contributed by atoms with Gasteiger partial charge in [-0.2, -0.15) is 0 Å². The maximum absolute atomic E-state index is 11.3. The first-order valence-corrected chi connectivity index (χ1v) is 7.61. The lowest BCUT2D eigenvalue weighted by Crippen LogP contribution is -2.44. The summed E-state index contributed by atoms with van der Waals surface area (Å²) >= 11 is 0. The van der Waals surface area contributed by atoms with E-state index in [2.05, 4.69) is 5.32 Å². The van der Waals surface area contributed by atoms with E-state index in [0.29, 0.717) is 19.1 Å². The zero-order chi connectivity index (χ0) is 12.2. The third-order valence-electron chi connectivity index (χ3n) is 2.92. The molecule has 1 heterocycles. The van der Waals surface area contributed by atoms with Gasteiger partial charge in [-0.25, -0.2) is 12.7 Å². The fraction of sp³-hybridized carbons (Fsp3) is 1.00. The fourth-order valence-corrected chi connectivity index (χ4v) is 2.76. The Kier molecular flexibility index (Phi) is 5.17. The molecule has 0 amide bonds. The van der Waals surface area contributed by atoms with Crippen LogP contribution in [0.15, 0.2) is 0 Å². The van der Waals surface area contributed by atoms with Crippen LogP contribution in [0.4, 0.5) is 0 Å². The maximum atomic E-state index is 11.3. The quantitative estimate of drug-likeness (QED) is 0.707. The van der Waals surface area contributed by atoms with E-state index in [1.807, 2.05) is 0 Å². The molecule has 0 spiro atoms. The molecule has 0 radical (unpaired) electrons. The van der Waals surface area contributed by atoms with E-state index in [-0.39, 0.29) is 6.10 Å². The number of nitrogens with one attached hydrogen (secondary N) is 1. The molecule has 1 saturated heterocycles. The van der Waals surface area contributed by atoms with E-state index < -0.39 is 10.0 Å². The van der Waals surface area contributed by atoms with Crippen LogP contribution in [0, 0.1) is 0 Å². The van der Waals surface area contributed by atoms with Gasteiger partial charge in [-0.1, -0.05) is 0 Å². The highest BCUT2D eigenvalue weighted by Gasteiger charge is 2.24. The summed E-state index contributed by atoms with van der Waals surface area (Å²) in [6, 6.07) is 0.386. The SMILES string of the molecule is CC(O)CCNC1CCN(S(C)(=O)=O)CC1. The van der Waals surface area contributed by atoms with Crippen LogP contribution in [0.3, 0.4) is 0 Å². The van der Waals surface area contributed by atoms with Crippen LogP contribution in [-0.2, 0) is 10.0 Å². The van der Waals surface area contributed by atoms with Crippen molar-refractivity contribution in [2.45, 2.75) is 38.3 Å². The van der Waals surface area contributed by atoms with Gasteiger partial charge in [0.25, 0.3) is 0 Å². The van der Waals surface area contributed by atoms with Crippen LogP contribution in [0.1, 0.15) is 26.2 Å². The largest absolute Gasteiger partial charge is 0.393 e. The standard InChI is InChI=1S/C10H22N2O3S/c1-9(13)3-6-11-10-4-7-12(8-5-10)16(2,14)15/h9-11,13H,3-8H2,1-2H3. The van der Waals surface area contributed by atoms with E-state index in [1.54, 1.807) is 6.92 Å². The summed E-state index contributed by atoms with van der Waals surface area (Å²) in [5.41, 5.74) is 0. The van der Waals surface area contributed by atoms with Gasteiger partial charge in [0.05, 0.1) is 12.4 Å². The minimum Gasteiger partial charge on any atom is -0.393 e. The Balaban J connectivity index is 2.22. The van der Waals surface area contributed by atoms with Crippen LogP contribution in [0.2, 0.25) is 0 Å². The summed E-state index contributed by atoms with van der Waals surface area (Å²) in [5.74, 6) is 0. The lowest BCUT2D eigenvalue weighted by Gasteiger charge is -2.30. The normalized spacial score (nSPS) is 22.2. The average molecular weight is 250 g/mol. The van der Waals surface area contributed by atoms with Gasteiger partial charge in [-0.3, -0.25) is 0 Å². The van der Waals surface area contributed by atoms with Gasteiger partial charge in [0.1, 0.15) is 0 Å². The van der Waals surface area contributed by atoms with Crippen molar-refractivity contribution in [1.82, 2.24) is 9.62 Å². The molecule has 2 N–H and O–H groups in total. The molecule has 0 aromatic carbocycles. The third kappa shape index (κ3) is 4.78. The zero-order valence-corrected chi connectivity index (χ0v) is 10.8. The lowest BCUT2D eigenvalue weighted by molar-refractivity contribution is 0.179. The molecule has 6 heteroatoms. The summed E-state index contributed by atoms with van der Waals surface area (Å²) < 4.78 is 24.1. The van der Waals surface area contributed by atoms with Crippen molar-refractivity contribution in [3.63, 3.8) is 0 Å². The highest BCUT2D eigenvalue weighted by Crippen LogP contribution is 2.13. The van der Waals surface area contributed by atoms with Gasteiger partial charge in [-0.15, -0.1) is 0 Å². The molecule has 5 nitrogen and oxygen atoms in total. The fourth-order valence-electron chi connectivity index (χ4n) is 1.89. The van der Waals surface area contributed by atoms with Crippen molar-refractivity contribution >= 4 is 10.0 Å². The van der Waals surface area contributed by atoms with Gasteiger partial charge >= 0.3 is 0 Å². The van der Waals surface area contributed by atoms with Crippen molar-refractivity contribution in [2.75, 3.05) is 25.9 Å². The summed E-state index contributed by atoms with van der Waals surface area (Å²) in [4.78, 5) is 0. The Morgan fingerprint density at radius 2 is 2.00 bits per heavy atom. The second kappa shape index (κ2) is 5.95. The Morgan fingerprint density at radius 3 is 2.44 bits per heavy atom. The number of nitrogens with zero attached hydrogens (tertiary/aromatic N) is 1. The molecule has 0 saturated carbocycles. The second-order valence-electron chi connectivity index (χ2n) is 4.53. The number of rotatable bonds is 5. The predicted octanol–water partition coefficient (Wildman–Crippen LogP) is -0.229. The number of aliphatic hydroxyl groups excluding tert-OH is 1. The molecule has 1 fully saturated rings. The molecule has 0 aromatic heterocycles. The minimum absolute atomic E-state index is 0.274. The highest BCUT2D eigenvalue weighted by atomic mass is 32.2. The maximum Gasteiger partial charge on any atom is 0.211 e. The first kappa shape index (κ1) is 13.9. The molecule has 16 heavy (non-hydrogen) atoms. The van der Waals surface area contributed by atoms with Crippen LogP contribution in [0.25, 0.3) is 0 Å². The lowest BCUT2D eigenvalue weighted by atomic mass is 10.1. The molecule has 1 unspecified atom stereocenters. The number of aliphatic hydroxyl groups is 1. The molecule has 1 aliphatic rings. The third-order valence-corrected chi connectivity index (χ3v) is 4.22. The van der Waals surface area contributed by atoms with E-state index >= 15 is 0 Å². The number of sulfonamides is 1. The van der Waals surface area contributed by atoms with Crippen molar-refractivity contribution < 1.29 is 13.5 Å². The van der Waals surface area contributed by atoms with Gasteiger partial charge < -0.3 is 10.4 Å². The Bertz CT molecular complexity index is 295. The number of hydrogen-bond donors (Lipinski definition) is 2. The zero-order valence-electron chi connectivity index (χ0n) is 10.0. The highest BCUT2D eigenvalue weighted by molar-refractivity contribution is 7.88. The summed E-state index contributed by atoms with van der Waals surface area (Å²) in [7, 11) is -3.02. The van der Waals surface area contributed by atoms with Crippen LogP contribution >= 0.6 is 0 Å². The van der Waals surface area contributed by atoms with Crippen molar-refractivity contribution in [1.29, 1.82) is 0 Å². The Morgan fingerprint density at radius 1 is 1.44 bits per heavy atom. The summed E-state index contributed by atoms with van der Waals surface area (Å²) in [5, 5.41) is 12.4. The van der Waals surface area contributed by atoms with E-state index in [1.165, 1.54) is 10.6 Å². The Labute approximate surface area is 97.9 Å². The first-order chi connectivity index (χ1) is 7.39. The molecular formula is C10H22N2O3S. The van der Waals surface area contributed by atoms with Crippen molar-refractivity contribution in [3.05, 3.63) is 0 Å². The van der Waals surface area contributed by atoms with Crippen LogP contribution < -0.4 is 5.32 Å². The van der Waals surface area contributed by atoms with E-state index in [0.717, 1.165) is 25.8 Å². The molecule has 0 bridgehead atoms. The van der Waals surface area contributed by atoms with E-state index in [4.69, 9.17) is 5.11 Å². The average Bonchev–Trinajstić information content (AvgIpc) is 2.16. The van der Waals surface area contributed by atoms with Gasteiger partial charge in [0.15, 0.2) is 0 Å². The molecular weight excluding hydrogens is 228 g/mol. The van der Waals surface area contributed by atoms with Gasteiger partial charge in [0.2, 0.25) is 10.0 Å². The Hall–Kier alpha value is -0.170. The first-order valence-electron chi connectivity index (χ1n) is 5.76. The molecule has 0 aromatic rings. The smallest absolute Gasteiger partial charge is 0.211 e. The molecule has 1 rings (SSSR count). The molecule has 0 aliphatic carbocycles. The van der Waals surface area contributed by atoms with Crippen molar-refractivity contribution in [2.24, 2.45) is 0 Å². The van der Waals surface area contributed by atoms with Crippen LogP contribution in [0.5, 0.6) is 0 Å². The predicted molar refractivity (Wildman–Crippen MR) is 63.7 cm³/mol. The van der Waals surface area contributed by atoms with E-state index in [9.17, 15) is 8.42 Å².